The summed E-state index contributed by atoms with van der Waals surface area (Å²) >= 11 is 5.61. The van der Waals surface area contributed by atoms with E-state index >= 15 is 0 Å². The number of hydrogen-bond donors (Lipinski definition) is 1. The molecule has 3 rings (SSSR count). The van der Waals surface area contributed by atoms with Gasteiger partial charge in [0, 0.05) is 13.1 Å². The summed E-state index contributed by atoms with van der Waals surface area (Å²) in [4.78, 5) is 10.7. The van der Waals surface area contributed by atoms with Crippen LogP contribution in [0, 0.1) is 5.82 Å². The highest BCUT2D eigenvalue weighted by molar-refractivity contribution is 7.89. The summed E-state index contributed by atoms with van der Waals surface area (Å²) in [6.45, 7) is 0.549. The van der Waals surface area contributed by atoms with Gasteiger partial charge in [0.1, 0.15) is 5.82 Å². The highest BCUT2D eigenvalue weighted by Crippen LogP contribution is 2.32. The van der Waals surface area contributed by atoms with Gasteiger partial charge >= 0.3 is 5.97 Å². The fourth-order valence-electron chi connectivity index (χ4n) is 2.96. The Morgan fingerprint density at radius 3 is 2.56 bits per heavy atom. The molecule has 2 aromatic rings. The third-order valence-corrected chi connectivity index (χ3v) is 6.52. The predicted octanol–water partition coefficient (Wildman–Crippen LogP) is 3.36. The van der Waals surface area contributed by atoms with Crippen LogP contribution in [0.25, 0.3) is 0 Å². The van der Waals surface area contributed by atoms with E-state index in [0.717, 1.165) is 17.7 Å². The molecule has 0 saturated carbocycles. The Morgan fingerprint density at radius 2 is 1.92 bits per heavy atom. The number of rotatable bonds is 4. The summed E-state index contributed by atoms with van der Waals surface area (Å²) < 4.78 is 40.7. The van der Waals surface area contributed by atoms with Crippen molar-refractivity contribution in [3.63, 3.8) is 0 Å². The molecule has 1 saturated heterocycles. The average molecular weight is 384 g/mol. The maximum absolute atomic E-state index is 13.9. The molecule has 2 aromatic carbocycles. The van der Waals surface area contributed by atoms with Crippen molar-refractivity contribution in [2.75, 3.05) is 13.1 Å². The van der Waals surface area contributed by atoms with E-state index < -0.39 is 37.3 Å². The summed E-state index contributed by atoms with van der Waals surface area (Å²) in [6, 6.07) is 11.2. The maximum Gasteiger partial charge on any atom is 0.337 e. The molecule has 0 bridgehead atoms. The van der Waals surface area contributed by atoms with Crippen molar-refractivity contribution in [2.24, 2.45) is 0 Å². The summed E-state index contributed by atoms with van der Waals surface area (Å²) in [6.07, 6.45) is 0.644. The van der Waals surface area contributed by atoms with E-state index in [1.807, 2.05) is 30.3 Å². The fraction of sp³-hybridized carbons (Fsp3) is 0.235. The van der Waals surface area contributed by atoms with E-state index in [-0.39, 0.29) is 19.0 Å². The zero-order chi connectivity index (χ0) is 18.2. The van der Waals surface area contributed by atoms with Crippen LogP contribution in [0.4, 0.5) is 4.39 Å². The Balaban J connectivity index is 1.92. The molecule has 1 atom stereocenters. The van der Waals surface area contributed by atoms with Crippen LogP contribution < -0.4 is 0 Å². The molecule has 1 aliphatic rings. The minimum atomic E-state index is -4.00. The van der Waals surface area contributed by atoms with Crippen LogP contribution in [0.2, 0.25) is 5.02 Å². The Bertz CT molecular complexity index is 918. The van der Waals surface area contributed by atoms with E-state index in [9.17, 15) is 17.6 Å². The van der Waals surface area contributed by atoms with Crippen molar-refractivity contribution in [2.45, 2.75) is 17.2 Å². The first kappa shape index (κ1) is 17.8. The Kier molecular flexibility index (Phi) is 4.81. The van der Waals surface area contributed by atoms with Gasteiger partial charge in [0.05, 0.1) is 15.5 Å². The first-order chi connectivity index (χ1) is 11.8. The van der Waals surface area contributed by atoms with Crippen molar-refractivity contribution in [3.8, 4) is 0 Å². The van der Waals surface area contributed by atoms with E-state index in [0.29, 0.717) is 6.42 Å². The molecule has 1 aliphatic heterocycles. The molecule has 0 aliphatic carbocycles. The maximum atomic E-state index is 13.9. The van der Waals surface area contributed by atoms with Crippen molar-refractivity contribution in [3.05, 3.63) is 64.4 Å². The summed E-state index contributed by atoms with van der Waals surface area (Å²) in [5.74, 6) is -2.50. The SMILES string of the molecule is O=C(O)c1cc(S(=O)(=O)N2CC[C@H](c3ccccc3)C2)cc(F)c1Cl. The topological polar surface area (TPSA) is 74.7 Å². The van der Waals surface area contributed by atoms with Crippen LogP contribution in [-0.2, 0) is 10.0 Å². The minimum Gasteiger partial charge on any atom is -0.478 e. The van der Waals surface area contributed by atoms with Crippen molar-refractivity contribution in [1.29, 1.82) is 0 Å². The quantitative estimate of drug-likeness (QED) is 0.878. The van der Waals surface area contributed by atoms with Gasteiger partial charge in [0.25, 0.3) is 0 Å². The Hall–Kier alpha value is -1.96. The van der Waals surface area contributed by atoms with Gasteiger partial charge in [-0.2, -0.15) is 4.31 Å². The third-order valence-electron chi connectivity index (χ3n) is 4.29. The molecular weight excluding hydrogens is 369 g/mol. The lowest BCUT2D eigenvalue weighted by molar-refractivity contribution is 0.0696. The van der Waals surface area contributed by atoms with Crippen molar-refractivity contribution < 1.29 is 22.7 Å². The Morgan fingerprint density at radius 1 is 1.24 bits per heavy atom. The second-order valence-electron chi connectivity index (χ2n) is 5.83. The first-order valence-corrected chi connectivity index (χ1v) is 9.40. The standard InChI is InChI=1S/C17H15ClFNO4S/c18-16-14(17(21)22)8-13(9-15(16)19)25(23,24)20-7-6-12(10-20)11-4-2-1-3-5-11/h1-5,8-9,12H,6-7,10H2,(H,21,22)/t12-/m0/s1. The average Bonchev–Trinajstić information content (AvgIpc) is 3.08. The summed E-state index contributed by atoms with van der Waals surface area (Å²) in [5.41, 5.74) is 0.466. The van der Waals surface area contributed by atoms with Crippen LogP contribution in [-0.4, -0.2) is 36.9 Å². The second-order valence-corrected chi connectivity index (χ2v) is 8.15. The minimum absolute atomic E-state index is 0.0482. The van der Waals surface area contributed by atoms with Gasteiger partial charge in [-0.15, -0.1) is 0 Å². The van der Waals surface area contributed by atoms with Crippen LogP contribution in [0.1, 0.15) is 28.3 Å². The second kappa shape index (κ2) is 6.74. The van der Waals surface area contributed by atoms with Gasteiger partial charge in [0.15, 0.2) is 0 Å². The third kappa shape index (κ3) is 3.40. The van der Waals surface area contributed by atoms with E-state index in [1.165, 1.54) is 4.31 Å². The van der Waals surface area contributed by atoms with Crippen LogP contribution in [0.3, 0.4) is 0 Å². The summed E-state index contributed by atoms with van der Waals surface area (Å²) in [7, 11) is -4.00. The van der Waals surface area contributed by atoms with Crippen molar-refractivity contribution >= 4 is 27.6 Å². The smallest absolute Gasteiger partial charge is 0.337 e. The molecule has 8 heteroatoms. The molecular formula is C17H15ClFNO4S. The number of hydrogen-bond acceptors (Lipinski definition) is 3. The molecule has 1 fully saturated rings. The lowest BCUT2D eigenvalue weighted by Crippen LogP contribution is -2.29. The molecule has 25 heavy (non-hydrogen) atoms. The normalized spacial score (nSPS) is 18.4. The number of sulfonamides is 1. The van der Waals surface area contributed by atoms with Crippen LogP contribution in [0.5, 0.6) is 0 Å². The van der Waals surface area contributed by atoms with Crippen LogP contribution in [0.15, 0.2) is 47.4 Å². The van der Waals surface area contributed by atoms with Gasteiger partial charge in [-0.3, -0.25) is 0 Å². The number of halogens is 2. The Labute approximate surface area is 149 Å². The zero-order valence-electron chi connectivity index (χ0n) is 13.0. The molecule has 0 radical (unpaired) electrons. The van der Waals surface area contributed by atoms with Crippen LogP contribution >= 0.6 is 11.6 Å². The number of nitrogens with zero attached hydrogens (tertiary/aromatic N) is 1. The lowest BCUT2D eigenvalue weighted by Gasteiger charge is -2.17. The predicted molar refractivity (Wildman–Crippen MR) is 90.9 cm³/mol. The highest BCUT2D eigenvalue weighted by Gasteiger charge is 2.34. The number of carboxylic acids is 1. The monoisotopic (exact) mass is 383 g/mol. The van der Waals surface area contributed by atoms with E-state index in [4.69, 9.17) is 16.7 Å². The number of aromatic carboxylic acids is 1. The van der Waals surface area contributed by atoms with Gasteiger partial charge in [-0.25, -0.2) is 17.6 Å². The van der Waals surface area contributed by atoms with Gasteiger partial charge in [0.2, 0.25) is 10.0 Å². The molecule has 5 nitrogen and oxygen atoms in total. The molecule has 0 amide bonds. The molecule has 0 spiro atoms. The first-order valence-electron chi connectivity index (χ1n) is 7.58. The molecule has 0 aromatic heterocycles. The van der Waals surface area contributed by atoms with Crippen molar-refractivity contribution in [1.82, 2.24) is 4.31 Å². The van der Waals surface area contributed by atoms with Gasteiger partial charge < -0.3 is 5.11 Å². The lowest BCUT2D eigenvalue weighted by atomic mass is 9.99. The molecule has 0 unspecified atom stereocenters. The molecule has 132 valence electrons. The molecule has 1 heterocycles. The van der Waals surface area contributed by atoms with Gasteiger partial charge in [-0.1, -0.05) is 41.9 Å². The van der Waals surface area contributed by atoms with E-state index in [1.54, 1.807) is 0 Å². The fourth-order valence-corrected chi connectivity index (χ4v) is 4.69. The zero-order valence-corrected chi connectivity index (χ0v) is 14.6. The van der Waals surface area contributed by atoms with E-state index in [2.05, 4.69) is 0 Å². The highest BCUT2D eigenvalue weighted by atomic mass is 35.5. The number of carbonyl (C=O) groups is 1. The number of benzene rings is 2. The largest absolute Gasteiger partial charge is 0.478 e. The summed E-state index contributed by atoms with van der Waals surface area (Å²) in [5, 5.41) is 8.47. The molecule has 1 N–H and O–H groups in total. The number of carboxylic acid groups (broad SMARTS) is 1. The van der Waals surface area contributed by atoms with Gasteiger partial charge in [-0.05, 0) is 30.0 Å².